The average molecular weight is 442 g/mol. The normalized spacial score (nSPS) is 17.3. The highest BCUT2D eigenvalue weighted by Crippen LogP contribution is 2.41. The van der Waals surface area contributed by atoms with Crippen molar-refractivity contribution >= 4 is 23.3 Å². The highest BCUT2D eigenvalue weighted by Gasteiger charge is 2.44. The van der Waals surface area contributed by atoms with Crippen LogP contribution in [0.25, 0.3) is 0 Å². The molecule has 0 atom stereocenters. The Bertz CT molecular complexity index is 995. The van der Waals surface area contributed by atoms with Crippen molar-refractivity contribution in [2.75, 3.05) is 19.7 Å². The van der Waals surface area contributed by atoms with E-state index in [0.717, 1.165) is 11.1 Å². The molecule has 0 bridgehead atoms. The number of Topliss-reactive ketones (excluding diaryl/α,β-unsaturated/α-hetero) is 1. The van der Waals surface area contributed by atoms with E-state index in [0.29, 0.717) is 73.9 Å². The van der Waals surface area contributed by atoms with Crippen LogP contribution in [0.5, 0.6) is 11.5 Å². The number of halogens is 1. The van der Waals surface area contributed by atoms with Crippen molar-refractivity contribution in [2.45, 2.75) is 51.6 Å². The lowest BCUT2D eigenvalue weighted by molar-refractivity contribution is -0.135. The summed E-state index contributed by atoms with van der Waals surface area (Å²) in [4.78, 5) is 27.4. The number of ketones is 1. The Morgan fingerprint density at radius 1 is 1.19 bits per heavy atom. The van der Waals surface area contributed by atoms with Crippen LogP contribution in [0, 0.1) is 13.8 Å². The van der Waals surface area contributed by atoms with Crippen LogP contribution >= 0.6 is 11.6 Å². The van der Waals surface area contributed by atoms with Crippen LogP contribution in [-0.4, -0.2) is 41.9 Å². The number of nitrogens with zero attached hydrogens (tertiary/aromatic N) is 1. The molecule has 0 saturated carbocycles. The van der Waals surface area contributed by atoms with Gasteiger partial charge < -0.3 is 14.4 Å². The fourth-order valence-corrected chi connectivity index (χ4v) is 4.77. The van der Waals surface area contributed by atoms with Crippen molar-refractivity contribution in [3.8, 4) is 11.5 Å². The number of rotatable bonds is 5. The fourth-order valence-electron chi connectivity index (χ4n) is 4.58. The molecule has 5 nitrogen and oxygen atoms in total. The molecule has 2 aromatic carbocycles. The van der Waals surface area contributed by atoms with Crippen LogP contribution in [-0.2, 0) is 4.79 Å². The van der Waals surface area contributed by atoms with Crippen LogP contribution in [0.2, 0.25) is 5.02 Å². The van der Waals surface area contributed by atoms with Gasteiger partial charge in [-0.05, 0) is 49.6 Å². The minimum absolute atomic E-state index is 0.117. The molecule has 164 valence electrons. The Morgan fingerprint density at radius 3 is 2.68 bits per heavy atom. The average Bonchev–Trinajstić information content (AvgIpc) is 2.72. The Balaban J connectivity index is 1.29. The molecule has 2 heterocycles. The number of fused-ring (bicyclic) bond motifs is 1. The molecule has 0 radical (unpaired) electrons. The summed E-state index contributed by atoms with van der Waals surface area (Å²) in [6, 6.07) is 11.3. The van der Waals surface area contributed by atoms with E-state index in [1.807, 2.05) is 49.1 Å². The van der Waals surface area contributed by atoms with Gasteiger partial charge in [0.2, 0.25) is 5.91 Å². The summed E-state index contributed by atoms with van der Waals surface area (Å²) in [6.45, 7) is 5.64. The first kappa shape index (κ1) is 21.7. The summed E-state index contributed by atoms with van der Waals surface area (Å²) in [5.74, 6) is 1.61. The van der Waals surface area contributed by atoms with Crippen molar-refractivity contribution in [2.24, 2.45) is 0 Å². The molecule has 2 aliphatic heterocycles. The molecule has 1 saturated heterocycles. The molecule has 4 rings (SSSR count). The van der Waals surface area contributed by atoms with E-state index in [-0.39, 0.29) is 11.7 Å². The first-order valence-electron chi connectivity index (χ1n) is 10.9. The van der Waals surface area contributed by atoms with Crippen LogP contribution in [0.3, 0.4) is 0 Å². The number of benzene rings is 2. The summed E-state index contributed by atoms with van der Waals surface area (Å²) in [5, 5.41) is 0.573. The maximum atomic E-state index is 12.8. The summed E-state index contributed by atoms with van der Waals surface area (Å²) >= 11 is 6.08. The number of carbonyl (C=O) groups is 2. The third-order valence-corrected chi connectivity index (χ3v) is 6.50. The summed E-state index contributed by atoms with van der Waals surface area (Å²) in [7, 11) is 0. The largest absolute Gasteiger partial charge is 0.492 e. The van der Waals surface area contributed by atoms with E-state index in [9.17, 15) is 9.59 Å². The molecule has 1 amide bonds. The Labute approximate surface area is 188 Å². The molecular formula is C25H28ClNO4. The van der Waals surface area contributed by atoms with Crippen molar-refractivity contribution in [1.82, 2.24) is 4.90 Å². The predicted octanol–water partition coefficient (Wildman–Crippen LogP) is 5.14. The second-order valence-electron chi connectivity index (χ2n) is 8.60. The van der Waals surface area contributed by atoms with Gasteiger partial charge in [-0.25, -0.2) is 0 Å². The lowest BCUT2D eigenvalue weighted by atomic mass is 9.81. The van der Waals surface area contributed by atoms with Crippen LogP contribution in [0.1, 0.15) is 53.6 Å². The van der Waals surface area contributed by atoms with E-state index in [1.165, 1.54) is 0 Å². The molecule has 0 aliphatic carbocycles. The molecule has 2 aromatic rings. The van der Waals surface area contributed by atoms with Gasteiger partial charge in [0.15, 0.2) is 5.78 Å². The lowest BCUT2D eigenvalue weighted by Gasteiger charge is -2.44. The topological polar surface area (TPSA) is 55.8 Å². The number of piperidine rings is 1. The smallest absolute Gasteiger partial charge is 0.222 e. The number of amides is 1. The van der Waals surface area contributed by atoms with Gasteiger partial charge in [-0.3, -0.25) is 9.59 Å². The minimum atomic E-state index is -0.492. The highest BCUT2D eigenvalue weighted by atomic mass is 35.5. The second kappa shape index (κ2) is 8.91. The lowest BCUT2D eigenvalue weighted by Crippen LogP contribution is -2.52. The monoisotopic (exact) mass is 441 g/mol. The molecular weight excluding hydrogens is 414 g/mol. The SMILES string of the molecule is Cc1cc(C)c2c(c1)OC1(CCN(C(=O)CCCOc3ccccc3Cl)CC1)CC2=O. The maximum Gasteiger partial charge on any atom is 0.222 e. The van der Waals surface area contributed by atoms with Gasteiger partial charge in [0.25, 0.3) is 0 Å². The third kappa shape index (κ3) is 4.72. The number of aryl methyl sites for hydroxylation is 2. The summed E-state index contributed by atoms with van der Waals surface area (Å²) in [5.41, 5.74) is 2.29. The number of para-hydroxylation sites is 1. The Morgan fingerprint density at radius 2 is 1.94 bits per heavy atom. The molecule has 0 unspecified atom stereocenters. The van der Waals surface area contributed by atoms with Gasteiger partial charge in [0.1, 0.15) is 17.1 Å². The zero-order valence-corrected chi connectivity index (χ0v) is 18.8. The zero-order chi connectivity index (χ0) is 22.0. The number of likely N-dealkylation sites (tertiary alicyclic amines) is 1. The fraction of sp³-hybridized carbons (Fsp3) is 0.440. The predicted molar refractivity (Wildman–Crippen MR) is 120 cm³/mol. The van der Waals surface area contributed by atoms with E-state index in [2.05, 4.69) is 0 Å². The van der Waals surface area contributed by atoms with Crippen molar-refractivity contribution in [3.05, 3.63) is 58.1 Å². The standard InChI is InChI=1S/C25H28ClNO4/c1-17-14-18(2)24-20(28)16-25(31-22(24)15-17)9-11-27(12-10-25)23(29)8-5-13-30-21-7-4-3-6-19(21)26/h3-4,6-7,14-15H,5,8-13,16H2,1-2H3. The van der Waals surface area contributed by atoms with Crippen molar-refractivity contribution < 1.29 is 19.1 Å². The summed E-state index contributed by atoms with van der Waals surface area (Å²) in [6.07, 6.45) is 2.79. The number of hydrogen-bond acceptors (Lipinski definition) is 4. The molecule has 31 heavy (non-hydrogen) atoms. The number of carbonyl (C=O) groups excluding carboxylic acids is 2. The summed E-state index contributed by atoms with van der Waals surface area (Å²) < 4.78 is 12.1. The van der Waals surface area contributed by atoms with Crippen molar-refractivity contribution in [3.63, 3.8) is 0 Å². The van der Waals surface area contributed by atoms with Crippen molar-refractivity contribution in [1.29, 1.82) is 0 Å². The molecule has 1 fully saturated rings. The highest BCUT2D eigenvalue weighted by molar-refractivity contribution is 6.32. The van der Waals surface area contributed by atoms with Crippen LogP contribution in [0.4, 0.5) is 0 Å². The molecule has 0 aromatic heterocycles. The Kier molecular flexibility index (Phi) is 6.24. The maximum absolute atomic E-state index is 12.8. The van der Waals surface area contributed by atoms with Gasteiger partial charge >= 0.3 is 0 Å². The molecule has 1 spiro atoms. The molecule has 6 heteroatoms. The van der Waals surface area contributed by atoms with E-state index < -0.39 is 5.60 Å². The van der Waals surface area contributed by atoms with Gasteiger partial charge in [-0.2, -0.15) is 0 Å². The van der Waals surface area contributed by atoms with E-state index in [4.69, 9.17) is 21.1 Å². The molecule has 0 N–H and O–H groups in total. The number of hydrogen-bond donors (Lipinski definition) is 0. The van der Waals surface area contributed by atoms with Crippen LogP contribution < -0.4 is 9.47 Å². The van der Waals surface area contributed by atoms with Gasteiger partial charge in [-0.1, -0.05) is 29.8 Å². The first-order chi connectivity index (χ1) is 14.9. The molecule has 2 aliphatic rings. The quantitative estimate of drug-likeness (QED) is 0.602. The first-order valence-corrected chi connectivity index (χ1v) is 11.2. The number of ether oxygens (including phenoxy) is 2. The van der Waals surface area contributed by atoms with Gasteiger partial charge in [0.05, 0.1) is 23.6 Å². The van der Waals surface area contributed by atoms with E-state index >= 15 is 0 Å². The third-order valence-electron chi connectivity index (χ3n) is 6.19. The second-order valence-corrected chi connectivity index (χ2v) is 9.01. The van der Waals surface area contributed by atoms with Gasteiger partial charge in [0, 0.05) is 32.4 Å². The van der Waals surface area contributed by atoms with Gasteiger partial charge in [-0.15, -0.1) is 0 Å². The Hall–Kier alpha value is -2.53. The minimum Gasteiger partial charge on any atom is -0.492 e. The van der Waals surface area contributed by atoms with Crippen LogP contribution in [0.15, 0.2) is 36.4 Å². The van der Waals surface area contributed by atoms with E-state index in [1.54, 1.807) is 6.07 Å². The zero-order valence-electron chi connectivity index (χ0n) is 18.1.